The van der Waals surface area contributed by atoms with Crippen LogP contribution in [0.5, 0.6) is 0 Å². The Balaban J connectivity index is 2.49. The lowest BCUT2D eigenvalue weighted by atomic mass is 10.1. The molecule has 0 fully saturated rings. The number of nitro benzene ring substituents is 2. The molecule has 118 valence electrons. The zero-order chi connectivity index (χ0) is 17.1. The van der Waals surface area contributed by atoms with Gasteiger partial charge in [-0.1, -0.05) is 23.7 Å². The average molecular weight is 401 g/mol. The number of anilines is 1. The lowest BCUT2D eigenvalue weighted by Crippen LogP contribution is -2.14. The van der Waals surface area contributed by atoms with Crippen molar-refractivity contribution in [3.8, 4) is 0 Å². The second-order valence-electron chi connectivity index (χ2n) is 4.27. The highest BCUT2D eigenvalue weighted by Gasteiger charge is 2.26. The highest BCUT2D eigenvalue weighted by atomic mass is 79.9. The number of halogens is 2. The first kappa shape index (κ1) is 16.8. The van der Waals surface area contributed by atoms with E-state index >= 15 is 0 Å². The zero-order valence-electron chi connectivity index (χ0n) is 11.2. The van der Waals surface area contributed by atoms with Crippen LogP contribution in [0.15, 0.2) is 40.9 Å². The van der Waals surface area contributed by atoms with Gasteiger partial charge in [-0.25, -0.2) is 0 Å². The summed E-state index contributed by atoms with van der Waals surface area (Å²) in [7, 11) is 0. The predicted molar refractivity (Wildman–Crippen MR) is 86.9 cm³/mol. The summed E-state index contributed by atoms with van der Waals surface area (Å²) in [5.74, 6) is -0.797. The third-order valence-electron chi connectivity index (χ3n) is 2.81. The molecule has 1 amide bonds. The minimum absolute atomic E-state index is 0.358. The van der Waals surface area contributed by atoms with Gasteiger partial charge < -0.3 is 5.32 Å². The molecule has 0 saturated carbocycles. The van der Waals surface area contributed by atoms with Gasteiger partial charge in [0.2, 0.25) is 0 Å². The van der Waals surface area contributed by atoms with Crippen LogP contribution >= 0.6 is 27.5 Å². The predicted octanol–water partition coefficient (Wildman–Crippen LogP) is 4.17. The number of benzene rings is 2. The van der Waals surface area contributed by atoms with Crippen LogP contribution in [0.25, 0.3) is 0 Å². The first-order chi connectivity index (χ1) is 10.8. The van der Waals surface area contributed by atoms with Crippen LogP contribution in [-0.4, -0.2) is 15.8 Å². The third-order valence-corrected chi connectivity index (χ3v) is 3.90. The highest BCUT2D eigenvalue weighted by Crippen LogP contribution is 2.33. The molecule has 0 saturated heterocycles. The quantitative estimate of drug-likeness (QED) is 0.611. The molecule has 0 radical (unpaired) electrons. The molecule has 0 aliphatic rings. The van der Waals surface area contributed by atoms with Gasteiger partial charge in [-0.3, -0.25) is 25.0 Å². The number of carbonyl (C=O) groups excluding carboxylic acids is 1. The lowest BCUT2D eigenvalue weighted by molar-refractivity contribution is -0.394. The van der Waals surface area contributed by atoms with E-state index in [1.807, 2.05) is 0 Å². The van der Waals surface area contributed by atoms with E-state index in [1.165, 1.54) is 0 Å². The Hall–Kier alpha value is -2.52. The number of rotatable bonds is 4. The molecule has 2 rings (SSSR count). The molecular formula is C13H7BrClN3O5. The van der Waals surface area contributed by atoms with E-state index < -0.39 is 32.2 Å². The summed E-state index contributed by atoms with van der Waals surface area (Å²) in [5.41, 5.74) is -1.28. The summed E-state index contributed by atoms with van der Waals surface area (Å²) in [4.78, 5) is 32.4. The average Bonchev–Trinajstić information content (AvgIpc) is 2.49. The van der Waals surface area contributed by atoms with E-state index in [9.17, 15) is 25.0 Å². The van der Waals surface area contributed by atoms with Gasteiger partial charge in [-0.2, -0.15) is 0 Å². The zero-order valence-corrected chi connectivity index (χ0v) is 13.5. The smallest absolute Gasteiger partial charge is 0.295 e. The molecule has 0 aliphatic carbocycles. The molecule has 2 aromatic carbocycles. The number of nitro groups is 2. The molecule has 10 heteroatoms. The standard InChI is InChI=1S/C13H7BrClN3O5/c14-9-3-1-2-4-10(9)16-13(19)8-5-7(17(20)21)6-11(12(8)15)18(22)23/h1-6H,(H,16,19). The molecule has 0 unspecified atom stereocenters. The van der Waals surface area contributed by atoms with Gasteiger partial charge in [0.15, 0.2) is 0 Å². The van der Waals surface area contributed by atoms with Gasteiger partial charge in [-0.05, 0) is 28.1 Å². The second-order valence-corrected chi connectivity index (χ2v) is 5.51. The fraction of sp³-hybridized carbons (Fsp3) is 0. The summed E-state index contributed by atoms with van der Waals surface area (Å²) < 4.78 is 0.574. The lowest BCUT2D eigenvalue weighted by Gasteiger charge is -2.08. The molecule has 2 aromatic rings. The normalized spacial score (nSPS) is 10.2. The summed E-state index contributed by atoms with van der Waals surface area (Å²) in [6, 6.07) is 8.25. The number of carbonyl (C=O) groups is 1. The van der Waals surface area contributed by atoms with Crippen molar-refractivity contribution >= 4 is 50.5 Å². The summed E-state index contributed by atoms with van der Waals surface area (Å²) in [6.07, 6.45) is 0. The Bertz CT molecular complexity index is 827. The molecule has 23 heavy (non-hydrogen) atoms. The van der Waals surface area contributed by atoms with Crippen molar-refractivity contribution in [3.05, 3.63) is 71.7 Å². The molecule has 1 N–H and O–H groups in total. The fourth-order valence-electron chi connectivity index (χ4n) is 1.75. The highest BCUT2D eigenvalue weighted by molar-refractivity contribution is 9.10. The Kier molecular flexibility index (Phi) is 4.92. The fourth-order valence-corrected chi connectivity index (χ4v) is 2.40. The molecule has 0 aromatic heterocycles. The first-order valence-corrected chi connectivity index (χ1v) is 7.16. The van der Waals surface area contributed by atoms with Crippen LogP contribution in [0.2, 0.25) is 5.02 Å². The maximum Gasteiger partial charge on any atom is 0.295 e. The van der Waals surface area contributed by atoms with Crippen LogP contribution in [0.4, 0.5) is 17.1 Å². The van der Waals surface area contributed by atoms with E-state index in [1.54, 1.807) is 24.3 Å². The molecule has 0 bridgehead atoms. The third kappa shape index (κ3) is 3.63. The summed E-state index contributed by atoms with van der Waals surface area (Å²) >= 11 is 9.07. The summed E-state index contributed by atoms with van der Waals surface area (Å²) in [6.45, 7) is 0. The largest absolute Gasteiger partial charge is 0.321 e. The topological polar surface area (TPSA) is 115 Å². The van der Waals surface area contributed by atoms with Crippen molar-refractivity contribution in [1.29, 1.82) is 0 Å². The van der Waals surface area contributed by atoms with Gasteiger partial charge >= 0.3 is 0 Å². The maximum absolute atomic E-state index is 12.3. The van der Waals surface area contributed by atoms with Crippen molar-refractivity contribution in [3.63, 3.8) is 0 Å². The molecule has 0 heterocycles. The van der Waals surface area contributed by atoms with Crippen molar-refractivity contribution < 1.29 is 14.6 Å². The minimum atomic E-state index is -0.884. The number of para-hydroxylation sites is 1. The van der Waals surface area contributed by atoms with Gasteiger partial charge in [-0.15, -0.1) is 0 Å². The van der Waals surface area contributed by atoms with Gasteiger partial charge in [0.25, 0.3) is 17.3 Å². The number of hydrogen-bond donors (Lipinski definition) is 1. The monoisotopic (exact) mass is 399 g/mol. The van der Waals surface area contributed by atoms with E-state index in [-0.39, 0.29) is 5.56 Å². The molecule has 0 atom stereocenters. The Labute approximate surface area is 142 Å². The van der Waals surface area contributed by atoms with Crippen molar-refractivity contribution in [1.82, 2.24) is 0 Å². The van der Waals surface area contributed by atoms with Crippen molar-refractivity contribution in [2.24, 2.45) is 0 Å². The van der Waals surface area contributed by atoms with Crippen molar-refractivity contribution in [2.45, 2.75) is 0 Å². The van der Waals surface area contributed by atoms with Crippen LogP contribution < -0.4 is 5.32 Å². The molecule has 8 nitrogen and oxygen atoms in total. The Morgan fingerprint density at radius 3 is 2.35 bits per heavy atom. The first-order valence-electron chi connectivity index (χ1n) is 5.99. The van der Waals surface area contributed by atoms with E-state index in [2.05, 4.69) is 21.2 Å². The molecule has 0 spiro atoms. The van der Waals surface area contributed by atoms with Gasteiger partial charge in [0.05, 0.1) is 27.2 Å². The van der Waals surface area contributed by atoms with E-state index in [0.717, 1.165) is 6.07 Å². The SMILES string of the molecule is O=C(Nc1ccccc1Br)c1cc([N+](=O)[O-])cc([N+](=O)[O-])c1Cl. The minimum Gasteiger partial charge on any atom is -0.321 e. The van der Waals surface area contributed by atoms with Crippen LogP contribution in [0.1, 0.15) is 10.4 Å². The molecule has 0 aliphatic heterocycles. The van der Waals surface area contributed by atoms with Gasteiger partial charge in [0.1, 0.15) is 5.02 Å². The number of nitrogens with zero attached hydrogens (tertiary/aromatic N) is 2. The van der Waals surface area contributed by atoms with Crippen LogP contribution in [-0.2, 0) is 0 Å². The van der Waals surface area contributed by atoms with E-state index in [4.69, 9.17) is 11.6 Å². The van der Waals surface area contributed by atoms with Gasteiger partial charge in [0, 0.05) is 10.5 Å². The van der Waals surface area contributed by atoms with Crippen LogP contribution in [0, 0.1) is 20.2 Å². The maximum atomic E-state index is 12.3. The van der Waals surface area contributed by atoms with E-state index in [0.29, 0.717) is 16.2 Å². The second kappa shape index (κ2) is 6.71. The molecular weight excluding hydrogens is 394 g/mol. The summed E-state index contributed by atoms with van der Waals surface area (Å²) in [5, 5.41) is 23.8. The Morgan fingerprint density at radius 2 is 1.78 bits per heavy atom. The van der Waals surface area contributed by atoms with Crippen LogP contribution in [0.3, 0.4) is 0 Å². The number of hydrogen-bond acceptors (Lipinski definition) is 5. The number of amides is 1. The number of nitrogens with one attached hydrogen (secondary N) is 1. The van der Waals surface area contributed by atoms with Crippen molar-refractivity contribution in [2.75, 3.05) is 5.32 Å². The number of non-ortho nitro benzene ring substituents is 1. The Morgan fingerprint density at radius 1 is 1.13 bits per heavy atom.